The van der Waals surface area contributed by atoms with Gasteiger partial charge in [-0.05, 0) is 31.4 Å². The number of hydrogen-bond acceptors (Lipinski definition) is 5. The lowest BCUT2D eigenvalue weighted by atomic mass is 10.1. The van der Waals surface area contributed by atoms with Gasteiger partial charge in [0.25, 0.3) is 0 Å². The van der Waals surface area contributed by atoms with Crippen LogP contribution in [0.15, 0.2) is 29.4 Å². The van der Waals surface area contributed by atoms with E-state index in [1.54, 1.807) is 13.2 Å². The molecule has 0 radical (unpaired) electrons. The second-order valence-corrected chi connectivity index (χ2v) is 7.76. The van der Waals surface area contributed by atoms with Crippen LogP contribution in [0.25, 0.3) is 0 Å². The van der Waals surface area contributed by atoms with Gasteiger partial charge in [-0.15, -0.1) is 0 Å². The van der Waals surface area contributed by atoms with Crippen molar-refractivity contribution < 1.29 is 13.2 Å². The number of ether oxygens (including phenoxy) is 1. The fourth-order valence-corrected chi connectivity index (χ4v) is 3.42. The Labute approximate surface area is 149 Å². The molecule has 1 atom stereocenters. The van der Waals surface area contributed by atoms with Crippen molar-refractivity contribution in [2.45, 2.75) is 31.9 Å². The number of rotatable bonds is 8. The van der Waals surface area contributed by atoms with Crippen LogP contribution in [0.4, 0.5) is 0 Å². The van der Waals surface area contributed by atoms with Gasteiger partial charge in [0, 0.05) is 32.9 Å². The molecule has 1 unspecified atom stereocenters. The zero-order valence-corrected chi connectivity index (χ0v) is 15.4. The summed E-state index contributed by atoms with van der Waals surface area (Å²) in [7, 11) is -1.70. The predicted octanol–water partition coefficient (Wildman–Crippen LogP) is 0.235. The highest BCUT2D eigenvalue weighted by molar-refractivity contribution is 7.89. The van der Waals surface area contributed by atoms with Crippen molar-refractivity contribution in [1.82, 2.24) is 20.3 Å². The molecule has 3 N–H and O–H groups in total. The first-order chi connectivity index (χ1) is 12.1. The molecule has 0 spiro atoms. The van der Waals surface area contributed by atoms with Crippen LogP contribution in [0.2, 0.25) is 0 Å². The van der Waals surface area contributed by atoms with E-state index in [0.717, 1.165) is 25.0 Å². The number of aliphatic imine (C=N–C) groups is 1. The Morgan fingerprint density at radius 2 is 2.24 bits per heavy atom. The van der Waals surface area contributed by atoms with Crippen LogP contribution in [0.5, 0.6) is 0 Å². The molecule has 2 rings (SSSR count). The fourth-order valence-electron chi connectivity index (χ4n) is 2.46. The van der Waals surface area contributed by atoms with Crippen LogP contribution in [-0.2, 0) is 21.3 Å². The van der Waals surface area contributed by atoms with Gasteiger partial charge in [0.1, 0.15) is 0 Å². The van der Waals surface area contributed by atoms with Crippen LogP contribution < -0.4 is 15.4 Å². The highest BCUT2D eigenvalue weighted by Gasteiger charge is 2.17. The van der Waals surface area contributed by atoms with Crippen LogP contribution in [0.1, 0.15) is 25.0 Å². The molecule has 0 saturated carbocycles. The van der Waals surface area contributed by atoms with E-state index < -0.39 is 10.0 Å². The first kappa shape index (κ1) is 19.6. The lowest BCUT2D eigenvalue weighted by Crippen LogP contribution is -2.42. The molecule has 0 aliphatic carbocycles. The Hall–Kier alpha value is -1.71. The monoisotopic (exact) mass is 369 g/mol. The molecule has 9 heteroatoms. The maximum absolute atomic E-state index is 12.0. The highest BCUT2D eigenvalue weighted by atomic mass is 32.2. The summed E-state index contributed by atoms with van der Waals surface area (Å²) in [6, 6.07) is 5.67. The van der Waals surface area contributed by atoms with E-state index in [4.69, 9.17) is 4.74 Å². The summed E-state index contributed by atoms with van der Waals surface area (Å²) >= 11 is 0. The van der Waals surface area contributed by atoms with Crippen LogP contribution in [0.3, 0.4) is 0 Å². The lowest BCUT2D eigenvalue weighted by molar-refractivity contribution is 0.0200. The number of nitrogens with zero attached hydrogens (tertiary/aromatic N) is 2. The van der Waals surface area contributed by atoms with Crippen molar-refractivity contribution in [3.05, 3.63) is 30.1 Å². The molecule has 1 saturated heterocycles. The molecule has 1 fully saturated rings. The summed E-state index contributed by atoms with van der Waals surface area (Å²) in [6.45, 7) is 1.84. The average molecular weight is 369 g/mol. The van der Waals surface area contributed by atoms with Crippen molar-refractivity contribution in [3.8, 4) is 0 Å². The molecule has 2 heterocycles. The van der Waals surface area contributed by atoms with E-state index in [9.17, 15) is 8.42 Å². The summed E-state index contributed by atoms with van der Waals surface area (Å²) in [5, 5.41) is 6.09. The smallest absolute Gasteiger partial charge is 0.213 e. The maximum atomic E-state index is 12.0. The fraction of sp³-hybridized carbons (Fsp3) is 0.625. The van der Waals surface area contributed by atoms with Gasteiger partial charge in [-0.25, -0.2) is 13.1 Å². The third-order valence-electron chi connectivity index (χ3n) is 3.85. The summed E-state index contributed by atoms with van der Waals surface area (Å²) in [4.78, 5) is 8.28. The van der Waals surface area contributed by atoms with Crippen molar-refractivity contribution >= 4 is 16.0 Å². The van der Waals surface area contributed by atoms with E-state index >= 15 is 0 Å². The van der Waals surface area contributed by atoms with E-state index in [2.05, 4.69) is 25.3 Å². The molecule has 1 aliphatic heterocycles. The lowest BCUT2D eigenvalue weighted by Gasteiger charge is -2.22. The SMILES string of the molecule is CN=C(NCCS(=O)(=O)NCC1CCCCO1)NCc1ccccn1. The normalized spacial score (nSPS) is 18.8. The zero-order chi connectivity index (χ0) is 18.0. The van der Waals surface area contributed by atoms with Gasteiger partial charge in [-0.1, -0.05) is 6.07 Å². The van der Waals surface area contributed by atoms with Gasteiger partial charge in [0.15, 0.2) is 5.96 Å². The Morgan fingerprint density at radius 1 is 1.36 bits per heavy atom. The molecule has 0 aromatic carbocycles. The van der Waals surface area contributed by atoms with Gasteiger partial charge in [0.2, 0.25) is 10.0 Å². The molecule has 25 heavy (non-hydrogen) atoms. The Balaban J connectivity index is 1.66. The van der Waals surface area contributed by atoms with E-state index in [1.807, 2.05) is 18.2 Å². The number of aromatic nitrogens is 1. The molecule has 1 aromatic heterocycles. The summed E-state index contributed by atoms with van der Waals surface area (Å²) in [5.41, 5.74) is 0.882. The minimum Gasteiger partial charge on any atom is -0.377 e. The predicted molar refractivity (Wildman–Crippen MR) is 97.8 cm³/mol. The third-order valence-corrected chi connectivity index (χ3v) is 5.20. The third kappa shape index (κ3) is 7.80. The molecular weight excluding hydrogens is 342 g/mol. The van der Waals surface area contributed by atoms with Crippen LogP contribution in [0, 0.1) is 0 Å². The van der Waals surface area contributed by atoms with E-state index in [0.29, 0.717) is 25.7 Å². The quantitative estimate of drug-likeness (QED) is 0.448. The standard InChI is InChI=1S/C16H27N5O3S/c1-17-16(20-12-14-6-2-4-8-18-14)19-9-11-25(22,23)21-13-15-7-3-5-10-24-15/h2,4,6,8,15,21H,3,5,7,9-13H2,1H3,(H2,17,19,20). The second-order valence-electron chi connectivity index (χ2n) is 5.83. The Morgan fingerprint density at radius 3 is 2.92 bits per heavy atom. The maximum Gasteiger partial charge on any atom is 0.213 e. The minimum absolute atomic E-state index is 0.00992. The summed E-state index contributed by atoms with van der Waals surface area (Å²) in [5.74, 6) is 0.515. The van der Waals surface area contributed by atoms with Crippen molar-refractivity contribution in [3.63, 3.8) is 0 Å². The number of pyridine rings is 1. The molecule has 8 nitrogen and oxygen atoms in total. The first-order valence-corrected chi connectivity index (χ1v) is 10.2. The van der Waals surface area contributed by atoms with Gasteiger partial charge in [0.05, 0.1) is 24.1 Å². The molecule has 0 amide bonds. The second kappa shape index (κ2) is 10.3. The van der Waals surface area contributed by atoms with Gasteiger partial charge in [-0.3, -0.25) is 9.98 Å². The van der Waals surface area contributed by atoms with Gasteiger partial charge in [-0.2, -0.15) is 0 Å². The number of hydrogen-bond donors (Lipinski definition) is 3. The summed E-state index contributed by atoms with van der Waals surface area (Å²) in [6.07, 6.45) is 4.76. The molecule has 1 aromatic rings. The molecule has 140 valence electrons. The molecular formula is C16H27N5O3S. The number of guanidine groups is 1. The zero-order valence-electron chi connectivity index (χ0n) is 14.6. The largest absolute Gasteiger partial charge is 0.377 e. The van der Waals surface area contributed by atoms with Crippen LogP contribution in [-0.4, -0.2) is 58.0 Å². The van der Waals surface area contributed by atoms with Gasteiger partial charge < -0.3 is 15.4 Å². The minimum atomic E-state index is -3.34. The van der Waals surface area contributed by atoms with Gasteiger partial charge >= 0.3 is 0 Å². The number of nitrogens with one attached hydrogen (secondary N) is 3. The van der Waals surface area contributed by atoms with Crippen molar-refractivity contribution in [1.29, 1.82) is 0 Å². The van der Waals surface area contributed by atoms with Crippen molar-refractivity contribution in [2.24, 2.45) is 4.99 Å². The Kier molecular flexibility index (Phi) is 8.10. The summed E-state index contributed by atoms with van der Waals surface area (Å²) < 4.78 is 32.2. The van der Waals surface area contributed by atoms with Crippen molar-refractivity contribution in [2.75, 3.05) is 32.5 Å². The number of sulfonamides is 1. The first-order valence-electron chi connectivity index (χ1n) is 8.52. The molecule has 0 bridgehead atoms. The van der Waals surface area contributed by atoms with E-state index in [1.165, 1.54) is 0 Å². The molecule has 1 aliphatic rings. The highest BCUT2D eigenvalue weighted by Crippen LogP contribution is 2.11. The van der Waals surface area contributed by atoms with E-state index in [-0.39, 0.29) is 18.4 Å². The Bertz CT molecular complexity index is 630. The van der Waals surface area contributed by atoms with Crippen LogP contribution >= 0.6 is 0 Å². The topological polar surface area (TPSA) is 105 Å². The average Bonchev–Trinajstić information content (AvgIpc) is 2.64.